The maximum Gasteiger partial charge on any atom is 0.313 e. The number of benzene rings is 3. The molecule has 2 atom stereocenters. The number of carbonyl (C=O) groups excluding carboxylic acids is 1. The van der Waals surface area contributed by atoms with Gasteiger partial charge in [-0.05, 0) is 39.9 Å². The lowest BCUT2D eigenvalue weighted by molar-refractivity contribution is -0.142. The van der Waals surface area contributed by atoms with Crippen LogP contribution in [0.2, 0.25) is 0 Å². The maximum atomic E-state index is 12.5. The van der Waals surface area contributed by atoms with Crippen molar-refractivity contribution in [2.24, 2.45) is 0 Å². The molecule has 0 aliphatic carbocycles. The first-order valence-electron chi connectivity index (χ1n) is 7.92. The molecular formula is C21H19BrO2. The van der Waals surface area contributed by atoms with Gasteiger partial charge in [-0.25, -0.2) is 0 Å². The van der Waals surface area contributed by atoms with E-state index in [2.05, 4.69) is 47.1 Å². The summed E-state index contributed by atoms with van der Waals surface area (Å²) in [6.07, 6.45) is 0. The lowest BCUT2D eigenvalue weighted by atomic mass is 9.82. The summed E-state index contributed by atoms with van der Waals surface area (Å²) in [6.45, 7) is 2.07. The fourth-order valence-corrected chi connectivity index (χ4v) is 3.38. The zero-order valence-electron chi connectivity index (χ0n) is 13.7. The van der Waals surface area contributed by atoms with Crippen LogP contribution in [0.15, 0.2) is 71.2 Å². The third-order valence-corrected chi connectivity index (χ3v) is 5.01. The number of halogens is 1. The summed E-state index contributed by atoms with van der Waals surface area (Å²) >= 11 is 3.45. The van der Waals surface area contributed by atoms with Crippen LogP contribution in [0.5, 0.6) is 0 Å². The minimum atomic E-state index is -0.333. The van der Waals surface area contributed by atoms with E-state index in [1.165, 1.54) is 12.5 Å². The molecule has 3 heteroatoms. The van der Waals surface area contributed by atoms with Crippen LogP contribution in [0, 0.1) is 0 Å². The molecule has 3 aromatic rings. The molecule has 24 heavy (non-hydrogen) atoms. The molecule has 2 unspecified atom stereocenters. The number of fused-ring (bicyclic) bond motifs is 1. The van der Waals surface area contributed by atoms with E-state index in [1.807, 2.05) is 42.5 Å². The van der Waals surface area contributed by atoms with E-state index in [1.54, 1.807) is 0 Å². The normalized spacial score (nSPS) is 13.5. The minimum absolute atomic E-state index is 0.0201. The quantitative estimate of drug-likeness (QED) is 0.543. The lowest BCUT2D eigenvalue weighted by Gasteiger charge is -2.23. The Bertz CT molecular complexity index is 855. The van der Waals surface area contributed by atoms with Crippen LogP contribution >= 0.6 is 15.9 Å². The summed E-state index contributed by atoms with van der Waals surface area (Å²) in [4.78, 5) is 12.5. The molecule has 0 spiro atoms. The Labute approximate surface area is 150 Å². The van der Waals surface area contributed by atoms with E-state index >= 15 is 0 Å². The van der Waals surface area contributed by atoms with Crippen molar-refractivity contribution in [3.05, 3.63) is 82.3 Å². The van der Waals surface area contributed by atoms with Crippen LogP contribution in [-0.2, 0) is 9.53 Å². The summed E-state index contributed by atoms with van der Waals surface area (Å²) in [5, 5.41) is 2.30. The fourth-order valence-electron chi connectivity index (χ4n) is 3.12. The average Bonchev–Trinajstić information content (AvgIpc) is 2.62. The fraction of sp³-hybridized carbons (Fsp3) is 0.190. The van der Waals surface area contributed by atoms with Gasteiger partial charge in [0.15, 0.2) is 0 Å². The van der Waals surface area contributed by atoms with Crippen LogP contribution in [0.1, 0.15) is 29.9 Å². The van der Waals surface area contributed by atoms with Crippen molar-refractivity contribution in [1.29, 1.82) is 0 Å². The van der Waals surface area contributed by atoms with Crippen molar-refractivity contribution >= 4 is 32.7 Å². The van der Waals surface area contributed by atoms with Crippen LogP contribution < -0.4 is 0 Å². The predicted octanol–water partition coefficient (Wildman–Crippen LogP) is 5.66. The number of ether oxygens (including phenoxy) is 1. The Morgan fingerprint density at radius 3 is 2.21 bits per heavy atom. The van der Waals surface area contributed by atoms with Gasteiger partial charge in [-0.3, -0.25) is 4.79 Å². The summed E-state index contributed by atoms with van der Waals surface area (Å²) < 4.78 is 6.12. The Kier molecular flexibility index (Phi) is 5.00. The van der Waals surface area contributed by atoms with E-state index in [0.29, 0.717) is 0 Å². The highest BCUT2D eigenvalue weighted by molar-refractivity contribution is 9.10. The van der Waals surface area contributed by atoms with Gasteiger partial charge in [-0.2, -0.15) is 0 Å². The minimum Gasteiger partial charge on any atom is -0.469 e. The van der Waals surface area contributed by atoms with Crippen LogP contribution in [0.4, 0.5) is 0 Å². The van der Waals surface area contributed by atoms with E-state index < -0.39 is 0 Å². The summed E-state index contributed by atoms with van der Waals surface area (Å²) in [5.74, 6) is -0.520. The zero-order valence-corrected chi connectivity index (χ0v) is 15.3. The van der Waals surface area contributed by atoms with Gasteiger partial charge in [0.1, 0.15) is 0 Å². The van der Waals surface area contributed by atoms with Crippen molar-refractivity contribution in [1.82, 2.24) is 0 Å². The first-order chi connectivity index (χ1) is 11.6. The highest BCUT2D eigenvalue weighted by Gasteiger charge is 2.29. The summed E-state index contributed by atoms with van der Waals surface area (Å²) in [5.41, 5.74) is 2.10. The Balaban J connectivity index is 2.04. The van der Waals surface area contributed by atoms with E-state index in [0.717, 1.165) is 21.0 Å². The second kappa shape index (κ2) is 7.18. The number of hydrogen-bond donors (Lipinski definition) is 0. The van der Waals surface area contributed by atoms with Gasteiger partial charge in [0.2, 0.25) is 0 Å². The molecule has 0 bridgehead atoms. The molecule has 0 aromatic heterocycles. The second-order valence-electron chi connectivity index (χ2n) is 5.95. The van der Waals surface area contributed by atoms with E-state index in [4.69, 9.17) is 4.74 Å². The molecule has 122 valence electrons. The molecule has 0 fully saturated rings. The summed E-state index contributed by atoms with van der Waals surface area (Å²) in [6, 6.07) is 22.4. The van der Waals surface area contributed by atoms with E-state index in [9.17, 15) is 4.79 Å². The third kappa shape index (κ3) is 3.36. The van der Waals surface area contributed by atoms with Crippen molar-refractivity contribution in [2.75, 3.05) is 7.11 Å². The number of hydrogen-bond acceptors (Lipinski definition) is 2. The highest BCUT2D eigenvalue weighted by atomic mass is 79.9. The molecule has 0 N–H and O–H groups in total. The van der Waals surface area contributed by atoms with Gasteiger partial charge in [0, 0.05) is 4.47 Å². The topological polar surface area (TPSA) is 26.3 Å². The van der Waals surface area contributed by atoms with Gasteiger partial charge in [-0.15, -0.1) is 0 Å². The molecule has 0 aliphatic rings. The van der Waals surface area contributed by atoms with Crippen molar-refractivity contribution in [3.8, 4) is 0 Å². The predicted molar refractivity (Wildman–Crippen MR) is 101 cm³/mol. The molecule has 0 saturated carbocycles. The molecule has 0 radical (unpaired) electrons. The van der Waals surface area contributed by atoms with E-state index in [-0.39, 0.29) is 17.8 Å². The monoisotopic (exact) mass is 382 g/mol. The largest absolute Gasteiger partial charge is 0.469 e. The van der Waals surface area contributed by atoms with Gasteiger partial charge in [-0.1, -0.05) is 77.5 Å². The van der Waals surface area contributed by atoms with Gasteiger partial charge in [0.25, 0.3) is 0 Å². The highest BCUT2D eigenvalue weighted by Crippen LogP contribution is 2.35. The number of rotatable bonds is 4. The molecule has 0 heterocycles. The Morgan fingerprint density at radius 1 is 0.917 bits per heavy atom. The standard InChI is InChI=1S/C21H19BrO2/c1-14(15-9-11-19(22)12-10-15)20(21(23)24-2)18-8-7-16-5-3-4-6-17(16)13-18/h3-14,20H,1-2H3. The third-order valence-electron chi connectivity index (χ3n) is 4.48. The van der Waals surface area contributed by atoms with Crippen molar-refractivity contribution in [3.63, 3.8) is 0 Å². The number of methoxy groups -OCH3 is 1. The second-order valence-corrected chi connectivity index (χ2v) is 6.86. The summed E-state index contributed by atoms with van der Waals surface area (Å²) in [7, 11) is 1.45. The molecule has 0 amide bonds. The lowest BCUT2D eigenvalue weighted by Crippen LogP contribution is -2.20. The molecule has 3 rings (SSSR count). The molecule has 3 aromatic carbocycles. The van der Waals surface area contributed by atoms with Crippen LogP contribution in [0.25, 0.3) is 10.8 Å². The van der Waals surface area contributed by atoms with Gasteiger partial charge in [0.05, 0.1) is 13.0 Å². The number of esters is 1. The zero-order chi connectivity index (χ0) is 17.1. The smallest absolute Gasteiger partial charge is 0.313 e. The molecular weight excluding hydrogens is 364 g/mol. The first kappa shape index (κ1) is 16.7. The van der Waals surface area contributed by atoms with Gasteiger partial charge >= 0.3 is 5.97 Å². The Hall–Kier alpha value is -2.13. The van der Waals surface area contributed by atoms with Crippen molar-refractivity contribution < 1.29 is 9.53 Å². The number of carbonyl (C=O) groups is 1. The SMILES string of the molecule is COC(=O)C(c1ccc2ccccc2c1)C(C)c1ccc(Br)cc1. The molecule has 0 aliphatic heterocycles. The van der Waals surface area contributed by atoms with Crippen LogP contribution in [0.3, 0.4) is 0 Å². The average molecular weight is 383 g/mol. The van der Waals surface area contributed by atoms with Crippen LogP contribution in [-0.4, -0.2) is 13.1 Å². The maximum absolute atomic E-state index is 12.5. The molecule has 2 nitrogen and oxygen atoms in total. The molecule has 0 saturated heterocycles. The first-order valence-corrected chi connectivity index (χ1v) is 8.71. The van der Waals surface area contributed by atoms with Crippen molar-refractivity contribution in [2.45, 2.75) is 18.8 Å². The van der Waals surface area contributed by atoms with Gasteiger partial charge < -0.3 is 4.74 Å². The Morgan fingerprint density at radius 2 is 1.54 bits per heavy atom.